The normalized spacial score (nSPS) is 15.5. The molecule has 0 fully saturated rings. The van der Waals surface area contributed by atoms with E-state index in [0.29, 0.717) is 38.5 Å². The zero-order valence-electron chi connectivity index (χ0n) is 15.1. The van der Waals surface area contributed by atoms with Crippen molar-refractivity contribution < 1.29 is 19.0 Å². The Kier molecular flexibility index (Phi) is 6.36. The molecule has 0 aromatic heterocycles. The van der Waals surface area contributed by atoms with Crippen LogP contribution in [0.2, 0.25) is 0 Å². The van der Waals surface area contributed by atoms with Crippen molar-refractivity contribution in [3.05, 3.63) is 54.1 Å². The van der Waals surface area contributed by atoms with Gasteiger partial charge in [-0.15, -0.1) is 0 Å². The van der Waals surface area contributed by atoms with Crippen LogP contribution in [0.4, 0.5) is 0 Å². The molecule has 0 saturated carbocycles. The Hall–Kier alpha value is -2.69. The molecule has 3 rings (SSSR count). The van der Waals surface area contributed by atoms with Gasteiger partial charge in [-0.3, -0.25) is 4.79 Å². The molecule has 0 aliphatic carbocycles. The Balaban J connectivity index is 1.31. The summed E-state index contributed by atoms with van der Waals surface area (Å²) in [6.07, 6.45) is 2.08. The minimum atomic E-state index is 0.0576. The molecule has 1 aliphatic heterocycles. The number of rotatable bonds is 8. The average molecular weight is 355 g/mol. The first kappa shape index (κ1) is 18.1. The molecule has 0 saturated heterocycles. The monoisotopic (exact) mass is 355 g/mol. The van der Waals surface area contributed by atoms with E-state index in [9.17, 15) is 4.79 Å². The molecule has 1 unspecified atom stereocenters. The molecule has 138 valence electrons. The summed E-state index contributed by atoms with van der Waals surface area (Å²) < 4.78 is 16.5. The molecule has 2 aromatic carbocycles. The second-order valence-corrected chi connectivity index (χ2v) is 6.42. The van der Waals surface area contributed by atoms with Crippen molar-refractivity contribution in [2.75, 3.05) is 26.9 Å². The summed E-state index contributed by atoms with van der Waals surface area (Å²) in [4.78, 5) is 12.0. The smallest absolute Gasteiger partial charge is 0.220 e. The molecule has 5 nitrogen and oxygen atoms in total. The van der Waals surface area contributed by atoms with E-state index in [1.54, 1.807) is 7.11 Å². The van der Waals surface area contributed by atoms with Crippen LogP contribution in [0.3, 0.4) is 0 Å². The summed E-state index contributed by atoms with van der Waals surface area (Å²) in [7, 11) is 1.63. The van der Waals surface area contributed by atoms with Gasteiger partial charge < -0.3 is 19.5 Å². The Morgan fingerprint density at radius 1 is 1.15 bits per heavy atom. The van der Waals surface area contributed by atoms with Gasteiger partial charge in [0.15, 0.2) is 0 Å². The SMILES string of the molecule is COc1ccc(OCCCC(=O)NCC2COc3ccccc3C2)cc1. The summed E-state index contributed by atoms with van der Waals surface area (Å²) >= 11 is 0. The lowest BCUT2D eigenvalue weighted by Crippen LogP contribution is -2.34. The molecule has 1 aliphatic rings. The zero-order valence-corrected chi connectivity index (χ0v) is 15.1. The third kappa shape index (κ3) is 5.15. The second kappa shape index (κ2) is 9.13. The van der Waals surface area contributed by atoms with E-state index in [2.05, 4.69) is 11.4 Å². The lowest BCUT2D eigenvalue weighted by atomic mass is 9.97. The molecule has 1 atom stereocenters. The predicted octanol–water partition coefficient (Wildman–Crippen LogP) is 3.22. The first-order valence-corrected chi connectivity index (χ1v) is 8.99. The van der Waals surface area contributed by atoms with Crippen molar-refractivity contribution in [1.82, 2.24) is 5.32 Å². The van der Waals surface area contributed by atoms with Crippen molar-refractivity contribution in [2.45, 2.75) is 19.3 Å². The number of carbonyl (C=O) groups excluding carboxylic acids is 1. The minimum Gasteiger partial charge on any atom is -0.497 e. The van der Waals surface area contributed by atoms with Crippen LogP contribution in [-0.4, -0.2) is 32.8 Å². The third-order valence-electron chi connectivity index (χ3n) is 4.42. The van der Waals surface area contributed by atoms with Crippen LogP contribution in [0, 0.1) is 5.92 Å². The first-order chi connectivity index (χ1) is 12.7. The van der Waals surface area contributed by atoms with Crippen molar-refractivity contribution in [3.8, 4) is 17.2 Å². The second-order valence-electron chi connectivity index (χ2n) is 6.42. The van der Waals surface area contributed by atoms with Crippen LogP contribution in [-0.2, 0) is 11.2 Å². The molecule has 2 aromatic rings. The van der Waals surface area contributed by atoms with E-state index in [1.807, 2.05) is 42.5 Å². The fourth-order valence-electron chi connectivity index (χ4n) is 2.96. The van der Waals surface area contributed by atoms with Gasteiger partial charge in [-0.25, -0.2) is 0 Å². The van der Waals surface area contributed by atoms with Crippen LogP contribution in [0.15, 0.2) is 48.5 Å². The summed E-state index contributed by atoms with van der Waals surface area (Å²) in [6, 6.07) is 15.5. The standard InChI is InChI=1S/C21H25NO4/c1-24-18-8-10-19(11-9-18)25-12-4-7-21(23)22-14-16-13-17-5-2-3-6-20(17)26-15-16/h2-3,5-6,8-11,16H,4,7,12-15H2,1H3,(H,22,23). The number of ether oxygens (including phenoxy) is 3. The van der Waals surface area contributed by atoms with Gasteiger partial charge in [-0.1, -0.05) is 18.2 Å². The minimum absolute atomic E-state index is 0.0576. The highest BCUT2D eigenvalue weighted by atomic mass is 16.5. The largest absolute Gasteiger partial charge is 0.497 e. The number of hydrogen-bond acceptors (Lipinski definition) is 4. The predicted molar refractivity (Wildman–Crippen MR) is 99.9 cm³/mol. The Labute approximate surface area is 154 Å². The van der Waals surface area contributed by atoms with Crippen LogP contribution < -0.4 is 19.5 Å². The molecule has 0 radical (unpaired) electrons. The van der Waals surface area contributed by atoms with E-state index >= 15 is 0 Å². The van der Waals surface area contributed by atoms with Crippen molar-refractivity contribution in [3.63, 3.8) is 0 Å². The maximum Gasteiger partial charge on any atom is 0.220 e. The van der Waals surface area contributed by atoms with Gasteiger partial charge in [0.2, 0.25) is 5.91 Å². The van der Waals surface area contributed by atoms with E-state index in [0.717, 1.165) is 23.7 Å². The highest BCUT2D eigenvalue weighted by Crippen LogP contribution is 2.26. The van der Waals surface area contributed by atoms with E-state index in [4.69, 9.17) is 14.2 Å². The number of carbonyl (C=O) groups is 1. The quantitative estimate of drug-likeness (QED) is 0.739. The molecule has 0 spiro atoms. The van der Waals surface area contributed by atoms with Gasteiger partial charge in [0, 0.05) is 18.9 Å². The number of methoxy groups -OCH3 is 1. The maximum atomic E-state index is 12.0. The van der Waals surface area contributed by atoms with Gasteiger partial charge in [0.25, 0.3) is 0 Å². The number of para-hydroxylation sites is 1. The number of amides is 1. The van der Waals surface area contributed by atoms with E-state index in [1.165, 1.54) is 5.56 Å². The zero-order chi connectivity index (χ0) is 18.2. The Bertz CT molecular complexity index is 714. The lowest BCUT2D eigenvalue weighted by Gasteiger charge is -2.25. The van der Waals surface area contributed by atoms with E-state index in [-0.39, 0.29) is 5.91 Å². The maximum absolute atomic E-state index is 12.0. The summed E-state index contributed by atoms with van der Waals surface area (Å²) in [5, 5.41) is 3.01. The van der Waals surface area contributed by atoms with Crippen LogP contribution in [0.1, 0.15) is 18.4 Å². The highest BCUT2D eigenvalue weighted by Gasteiger charge is 2.19. The fraction of sp³-hybridized carbons (Fsp3) is 0.381. The summed E-state index contributed by atoms with van der Waals surface area (Å²) in [6.45, 7) is 1.81. The van der Waals surface area contributed by atoms with Crippen molar-refractivity contribution in [2.24, 2.45) is 5.92 Å². The van der Waals surface area contributed by atoms with Gasteiger partial charge >= 0.3 is 0 Å². The lowest BCUT2D eigenvalue weighted by molar-refractivity contribution is -0.121. The summed E-state index contributed by atoms with van der Waals surface area (Å²) in [5.41, 5.74) is 1.21. The first-order valence-electron chi connectivity index (χ1n) is 8.99. The van der Waals surface area contributed by atoms with Crippen molar-refractivity contribution in [1.29, 1.82) is 0 Å². The van der Waals surface area contributed by atoms with Gasteiger partial charge in [-0.2, -0.15) is 0 Å². The van der Waals surface area contributed by atoms with Crippen LogP contribution >= 0.6 is 0 Å². The van der Waals surface area contributed by atoms with Gasteiger partial charge in [0.05, 0.1) is 20.3 Å². The number of hydrogen-bond donors (Lipinski definition) is 1. The molecule has 1 N–H and O–H groups in total. The Morgan fingerprint density at radius 2 is 1.92 bits per heavy atom. The molecule has 5 heteroatoms. The topological polar surface area (TPSA) is 56.8 Å². The molecular weight excluding hydrogens is 330 g/mol. The number of nitrogens with one attached hydrogen (secondary N) is 1. The molecule has 0 bridgehead atoms. The molecule has 26 heavy (non-hydrogen) atoms. The summed E-state index contributed by atoms with van der Waals surface area (Å²) in [5.74, 6) is 2.92. The number of fused-ring (bicyclic) bond motifs is 1. The highest BCUT2D eigenvalue weighted by molar-refractivity contribution is 5.75. The number of benzene rings is 2. The fourth-order valence-corrected chi connectivity index (χ4v) is 2.96. The van der Waals surface area contributed by atoms with E-state index < -0.39 is 0 Å². The van der Waals surface area contributed by atoms with Gasteiger partial charge in [-0.05, 0) is 48.7 Å². The van der Waals surface area contributed by atoms with Gasteiger partial charge in [0.1, 0.15) is 17.2 Å². The molecular formula is C21H25NO4. The van der Waals surface area contributed by atoms with Crippen LogP contribution in [0.25, 0.3) is 0 Å². The molecule has 1 amide bonds. The Morgan fingerprint density at radius 3 is 2.73 bits per heavy atom. The molecule has 1 heterocycles. The van der Waals surface area contributed by atoms with Crippen molar-refractivity contribution >= 4 is 5.91 Å². The average Bonchev–Trinajstić information content (AvgIpc) is 2.70. The van der Waals surface area contributed by atoms with Crippen LogP contribution in [0.5, 0.6) is 17.2 Å². The third-order valence-corrected chi connectivity index (χ3v) is 4.42.